The summed E-state index contributed by atoms with van der Waals surface area (Å²) in [5.74, 6) is -2.54. The highest BCUT2D eigenvalue weighted by Gasteiger charge is 2.28. The Bertz CT molecular complexity index is 521. The van der Waals surface area contributed by atoms with E-state index in [-0.39, 0.29) is 12.6 Å². The van der Waals surface area contributed by atoms with Crippen molar-refractivity contribution in [2.24, 2.45) is 0 Å². The lowest BCUT2D eigenvalue weighted by molar-refractivity contribution is -0.140. The second kappa shape index (κ2) is 7.14. The zero-order chi connectivity index (χ0) is 15.2. The van der Waals surface area contributed by atoms with Crippen LogP contribution in [0, 0.1) is 0 Å². The number of hydrogen-bond donors (Lipinski definition) is 4. The first-order valence-electron chi connectivity index (χ1n) is 5.73. The van der Waals surface area contributed by atoms with Crippen molar-refractivity contribution >= 4 is 19.5 Å². The lowest BCUT2D eigenvalue weighted by atomic mass is 10.2. The summed E-state index contributed by atoms with van der Waals surface area (Å²) in [7, 11) is -3.95. The Morgan fingerprint density at radius 2 is 2.10 bits per heavy atom. The summed E-state index contributed by atoms with van der Waals surface area (Å²) >= 11 is 0. The molecule has 4 N–H and O–H groups in total. The van der Waals surface area contributed by atoms with Crippen molar-refractivity contribution in [3.8, 4) is 0 Å². The maximum absolute atomic E-state index is 11.9. The smallest absolute Gasteiger partial charge is 0.321 e. The van der Waals surface area contributed by atoms with E-state index in [4.69, 9.17) is 10.2 Å². The van der Waals surface area contributed by atoms with Crippen LogP contribution in [0.5, 0.6) is 0 Å². The Morgan fingerprint density at radius 3 is 2.60 bits per heavy atom. The van der Waals surface area contributed by atoms with Gasteiger partial charge in [-0.3, -0.25) is 19.1 Å². The number of carboxylic acids is 2. The zero-order valence-corrected chi connectivity index (χ0v) is 11.4. The van der Waals surface area contributed by atoms with Crippen LogP contribution in [-0.4, -0.2) is 38.1 Å². The highest BCUT2D eigenvalue weighted by Crippen LogP contribution is 2.40. The van der Waals surface area contributed by atoms with Gasteiger partial charge in [-0.05, 0) is 18.1 Å². The van der Waals surface area contributed by atoms with Crippen LogP contribution in [0.15, 0.2) is 24.5 Å². The van der Waals surface area contributed by atoms with Crippen LogP contribution in [0.1, 0.15) is 18.4 Å². The lowest BCUT2D eigenvalue weighted by Gasteiger charge is -2.18. The first kappa shape index (κ1) is 16.3. The molecule has 20 heavy (non-hydrogen) atoms. The fourth-order valence-electron chi connectivity index (χ4n) is 1.54. The van der Waals surface area contributed by atoms with E-state index in [0.29, 0.717) is 5.56 Å². The number of carboxylic acid groups (broad SMARTS) is 2. The predicted octanol–water partition coefficient (Wildman–Crippen LogP) is 0.675. The normalized spacial score (nSPS) is 15.2. The van der Waals surface area contributed by atoms with E-state index in [0.717, 1.165) is 0 Å². The molecule has 0 aliphatic carbocycles. The molecule has 0 bridgehead atoms. The minimum Gasteiger partial charge on any atom is -0.481 e. The van der Waals surface area contributed by atoms with Gasteiger partial charge in [0.25, 0.3) is 7.52 Å². The molecule has 0 saturated carbocycles. The first-order chi connectivity index (χ1) is 9.30. The van der Waals surface area contributed by atoms with E-state index in [1.54, 1.807) is 12.1 Å². The van der Waals surface area contributed by atoms with Gasteiger partial charge in [0.15, 0.2) is 0 Å². The molecule has 8 nitrogen and oxygen atoms in total. The van der Waals surface area contributed by atoms with Crippen LogP contribution >= 0.6 is 7.52 Å². The molecule has 0 saturated heterocycles. The summed E-state index contributed by atoms with van der Waals surface area (Å²) in [6.45, 7) is 0. The van der Waals surface area contributed by atoms with Gasteiger partial charge in [-0.15, -0.1) is 0 Å². The van der Waals surface area contributed by atoms with Gasteiger partial charge < -0.3 is 15.1 Å². The van der Waals surface area contributed by atoms with E-state index < -0.39 is 31.9 Å². The number of hydrogen-bond acceptors (Lipinski definition) is 4. The monoisotopic (exact) mass is 302 g/mol. The first-order valence-corrected chi connectivity index (χ1v) is 7.58. The molecule has 9 heteroatoms. The van der Waals surface area contributed by atoms with Gasteiger partial charge in [0.05, 0.1) is 6.16 Å². The van der Waals surface area contributed by atoms with Crippen molar-refractivity contribution in [3.05, 3.63) is 30.1 Å². The largest absolute Gasteiger partial charge is 0.481 e. The molecule has 1 aromatic rings. The Morgan fingerprint density at radius 1 is 1.40 bits per heavy atom. The molecular weight excluding hydrogens is 287 g/mol. The average Bonchev–Trinajstić information content (AvgIpc) is 2.34. The average molecular weight is 302 g/mol. The fraction of sp³-hybridized carbons (Fsp3) is 0.364. The van der Waals surface area contributed by atoms with Crippen LogP contribution in [0.25, 0.3) is 0 Å². The Hall–Kier alpha value is -1.76. The van der Waals surface area contributed by atoms with Gasteiger partial charge in [0, 0.05) is 18.8 Å². The molecule has 2 atom stereocenters. The van der Waals surface area contributed by atoms with Crippen LogP contribution in [0.3, 0.4) is 0 Å². The molecule has 1 heterocycles. The van der Waals surface area contributed by atoms with Crippen molar-refractivity contribution in [1.29, 1.82) is 0 Å². The third-order valence-corrected chi connectivity index (χ3v) is 3.93. The van der Waals surface area contributed by atoms with Crippen molar-refractivity contribution < 1.29 is 29.3 Å². The molecule has 0 amide bonds. The third kappa shape index (κ3) is 5.92. The second-order valence-corrected chi connectivity index (χ2v) is 6.15. The van der Waals surface area contributed by atoms with E-state index in [2.05, 4.69) is 10.1 Å². The van der Waals surface area contributed by atoms with Crippen molar-refractivity contribution in [3.63, 3.8) is 0 Å². The van der Waals surface area contributed by atoms with Crippen LogP contribution in [0.2, 0.25) is 0 Å². The zero-order valence-electron chi connectivity index (χ0n) is 10.5. The van der Waals surface area contributed by atoms with Crippen LogP contribution in [-0.2, 0) is 20.3 Å². The van der Waals surface area contributed by atoms with Crippen molar-refractivity contribution in [2.45, 2.75) is 25.0 Å². The molecular formula is C11H15N2O6P. The summed E-state index contributed by atoms with van der Waals surface area (Å²) in [5, 5.41) is 19.5. The van der Waals surface area contributed by atoms with Crippen molar-refractivity contribution in [1.82, 2.24) is 10.1 Å². The molecule has 1 aromatic heterocycles. The number of pyridine rings is 1. The molecule has 2 unspecified atom stereocenters. The quantitative estimate of drug-likeness (QED) is 0.514. The lowest BCUT2D eigenvalue weighted by Crippen LogP contribution is -2.35. The summed E-state index contributed by atoms with van der Waals surface area (Å²) in [6.07, 6.45) is 1.94. The van der Waals surface area contributed by atoms with Crippen LogP contribution in [0.4, 0.5) is 0 Å². The molecule has 0 fully saturated rings. The minimum atomic E-state index is -3.95. The molecule has 0 spiro atoms. The topological polar surface area (TPSA) is 137 Å². The maximum Gasteiger partial charge on any atom is 0.321 e. The van der Waals surface area contributed by atoms with Gasteiger partial charge in [-0.25, -0.2) is 5.09 Å². The van der Waals surface area contributed by atoms with Crippen molar-refractivity contribution in [2.75, 3.05) is 0 Å². The number of nitrogens with zero attached hydrogens (tertiary/aromatic N) is 1. The summed E-state index contributed by atoms with van der Waals surface area (Å²) in [6, 6.07) is 1.79. The Balaban J connectivity index is 2.68. The van der Waals surface area contributed by atoms with Gasteiger partial charge in [0.2, 0.25) is 0 Å². The highest BCUT2D eigenvalue weighted by atomic mass is 31.2. The molecule has 110 valence electrons. The molecule has 1 rings (SSSR count). The summed E-state index contributed by atoms with van der Waals surface area (Å²) < 4.78 is 11.9. The Labute approximate surface area is 115 Å². The fourth-order valence-corrected chi connectivity index (χ4v) is 3.04. The number of carbonyl (C=O) groups is 2. The van der Waals surface area contributed by atoms with Gasteiger partial charge in [-0.2, -0.15) is 0 Å². The number of rotatable bonds is 8. The second-order valence-electron chi connectivity index (χ2n) is 4.17. The molecule has 0 aliphatic heterocycles. The minimum absolute atomic E-state index is 0.276. The van der Waals surface area contributed by atoms with E-state index in [1.165, 1.54) is 12.4 Å². The predicted molar refractivity (Wildman–Crippen MR) is 69.2 cm³/mol. The SMILES string of the molecule is O=C(O)CCC(NP(=O)(O)Cc1cccnc1)C(=O)O. The number of aromatic nitrogens is 1. The van der Waals surface area contributed by atoms with E-state index in [1.807, 2.05) is 0 Å². The summed E-state index contributed by atoms with van der Waals surface area (Å²) in [5.41, 5.74) is 0.480. The van der Waals surface area contributed by atoms with Gasteiger partial charge in [-0.1, -0.05) is 6.07 Å². The third-order valence-electron chi connectivity index (χ3n) is 2.42. The number of aliphatic carboxylic acids is 2. The summed E-state index contributed by atoms with van der Waals surface area (Å²) in [4.78, 5) is 34.9. The van der Waals surface area contributed by atoms with E-state index >= 15 is 0 Å². The number of nitrogens with one attached hydrogen (secondary N) is 1. The van der Waals surface area contributed by atoms with Gasteiger partial charge >= 0.3 is 11.9 Å². The standard InChI is InChI=1S/C11H15N2O6P/c14-10(15)4-3-9(11(16)17)13-20(18,19)7-8-2-1-5-12-6-8/h1-2,5-6,9H,3-4,7H2,(H,14,15)(H,16,17)(H2,13,18,19). The van der Waals surface area contributed by atoms with Crippen LogP contribution < -0.4 is 5.09 Å². The molecule has 0 aromatic carbocycles. The molecule has 0 aliphatic rings. The van der Waals surface area contributed by atoms with Gasteiger partial charge in [0.1, 0.15) is 6.04 Å². The highest BCUT2D eigenvalue weighted by molar-refractivity contribution is 7.55. The maximum atomic E-state index is 11.9. The molecule has 0 radical (unpaired) electrons. The van der Waals surface area contributed by atoms with E-state index in [9.17, 15) is 19.0 Å². The Kier molecular flexibility index (Phi) is 5.82.